The number of hydrogen-bond donors (Lipinski definition) is 1. The zero-order valence-electron chi connectivity index (χ0n) is 10.4. The summed E-state index contributed by atoms with van der Waals surface area (Å²) >= 11 is 1.25. The number of rotatable bonds is 1. The van der Waals surface area contributed by atoms with E-state index in [0.29, 0.717) is 10.7 Å². The summed E-state index contributed by atoms with van der Waals surface area (Å²) in [4.78, 5) is 15.9. The van der Waals surface area contributed by atoms with E-state index in [0.717, 1.165) is 5.04 Å². The lowest BCUT2D eigenvalue weighted by molar-refractivity contribution is -0.114. The number of carbonyl (C=O) groups is 1. The molecule has 0 saturated carbocycles. The van der Waals surface area contributed by atoms with Gasteiger partial charge in [0.15, 0.2) is 5.84 Å². The Hall–Kier alpha value is -2.28. The van der Waals surface area contributed by atoms with Crippen LogP contribution in [0.5, 0.6) is 0 Å². The molecule has 1 amide bonds. The summed E-state index contributed by atoms with van der Waals surface area (Å²) in [5.74, 6) is -0.856. The lowest BCUT2D eigenvalue weighted by Crippen LogP contribution is -2.35. The van der Waals surface area contributed by atoms with Crippen molar-refractivity contribution < 1.29 is 9.18 Å². The van der Waals surface area contributed by atoms with Gasteiger partial charge in [-0.05, 0) is 42.5 Å². The normalized spacial score (nSPS) is 20.1. The van der Waals surface area contributed by atoms with E-state index in [1.54, 1.807) is 6.92 Å². The predicted molar refractivity (Wildman–Crippen MR) is 77.1 cm³/mol. The van der Waals surface area contributed by atoms with Crippen molar-refractivity contribution in [2.75, 3.05) is 0 Å². The minimum atomic E-state index is -0.483. The minimum absolute atomic E-state index is 0.0197. The van der Waals surface area contributed by atoms with Gasteiger partial charge in [-0.2, -0.15) is 15.1 Å². The molecule has 100 valence electrons. The summed E-state index contributed by atoms with van der Waals surface area (Å²) in [6.45, 7) is 1.78. The maximum Gasteiger partial charge on any atom is 0.283 e. The summed E-state index contributed by atoms with van der Waals surface area (Å²) in [7, 11) is 0. The van der Waals surface area contributed by atoms with E-state index in [-0.39, 0.29) is 17.2 Å². The molecule has 20 heavy (non-hydrogen) atoms. The third-order valence-electron chi connectivity index (χ3n) is 2.74. The van der Waals surface area contributed by atoms with Crippen LogP contribution >= 0.6 is 11.8 Å². The molecular formula is C13H9FN4OS. The van der Waals surface area contributed by atoms with E-state index in [1.165, 1.54) is 47.1 Å². The van der Waals surface area contributed by atoms with E-state index in [4.69, 9.17) is 5.41 Å². The third-order valence-corrected chi connectivity index (χ3v) is 3.56. The van der Waals surface area contributed by atoms with E-state index in [2.05, 4.69) is 10.1 Å². The molecule has 0 unspecified atom stereocenters. The quantitative estimate of drug-likeness (QED) is 0.807. The zero-order valence-corrected chi connectivity index (χ0v) is 11.2. The van der Waals surface area contributed by atoms with Gasteiger partial charge in [0.05, 0.1) is 10.6 Å². The lowest BCUT2D eigenvalue weighted by Gasteiger charge is -2.20. The van der Waals surface area contributed by atoms with Crippen LogP contribution in [-0.2, 0) is 4.79 Å². The predicted octanol–water partition coefficient (Wildman–Crippen LogP) is 2.46. The number of nitrogens with zero attached hydrogens (tertiary/aromatic N) is 3. The summed E-state index contributed by atoms with van der Waals surface area (Å²) < 4.78 is 12.9. The fourth-order valence-corrected chi connectivity index (χ4v) is 2.55. The SMILES string of the molecule is CC1=NN2C(=N)/C(=C/c3ccc(F)cc3)C(=O)N=C2S1. The van der Waals surface area contributed by atoms with Crippen molar-refractivity contribution >= 4 is 39.8 Å². The largest absolute Gasteiger partial charge is 0.283 e. The molecule has 0 bridgehead atoms. The van der Waals surface area contributed by atoms with Gasteiger partial charge in [-0.15, -0.1) is 0 Å². The Morgan fingerprint density at radius 1 is 1.35 bits per heavy atom. The van der Waals surface area contributed by atoms with Crippen molar-refractivity contribution in [2.24, 2.45) is 10.1 Å². The average molecular weight is 288 g/mol. The number of amides is 1. The first-order valence-electron chi connectivity index (χ1n) is 5.77. The summed E-state index contributed by atoms with van der Waals surface area (Å²) in [6, 6.07) is 5.67. The fraction of sp³-hybridized carbons (Fsp3) is 0.0769. The molecule has 0 fully saturated rings. The number of hydrogen-bond acceptors (Lipinski definition) is 4. The van der Waals surface area contributed by atoms with Crippen molar-refractivity contribution in [3.8, 4) is 0 Å². The molecule has 0 atom stereocenters. The van der Waals surface area contributed by atoms with Crippen LogP contribution in [0.1, 0.15) is 12.5 Å². The Labute approximate surface area is 118 Å². The van der Waals surface area contributed by atoms with E-state index in [1.807, 2.05) is 0 Å². The van der Waals surface area contributed by atoms with Crippen LogP contribution in [0.4, 0.5) is 4.39 Å². The van der Waals surface area contributed by atoms with Gasteiger partial charge in [0, 0.05) is 0 Å². The number of thioether (sulfide) groups is 1. The molecule has 1 N–H and O–H groups in total. The standard InChI is InChI=1S/C13H9FN4OS/c1-7-17-18-11(15)10(12(19)16-13(18)20-7)6-8-2-4-9(14)5-3-8/h2-6,15H,1H3/b10-6-,15-11?. The molecule has 7 heteroatoms. The number of carbonyl (C=O) groups excluding carboxylic acids is 1. The van der Waals surface area contributed by atoms with Crippen molar-refractivity contribution in [3.63, 3.8) is 0 Å². The van der Waals surface area contributed by atoms with Crippen molar-refractivity contribution in [1.82, 2.24) is 5.01 Å². The highest BCUT2D eigenvalue weighted by molar-refractivity contribution is 8.26. The van der Waals surface area contributed by atoms with Gasteiger partial charge in [0.25, 0.3) is 5.91 Å². The van der Waals surface area contributed by atoms with Crippen LogP contribution in [0.2, 0.25) is 0 Å². The van der Waals surface area contributed by atoms with E-state index >= 15 is 0 Å². The molecule has 2 heterocycles. The first-order chi connectivity index (χ1) is 9.54. The molecule has 0 spiro atoms. The summed E-state index contributed by atoms with van der Waals surface area (Å²) in [6.07, 6.45) is 1.51. The van der Waals surface area contributed by atoms with Gasteiger partial charge in [0.1, 0.15) is 5.82 Å². The number of benzene rings is 1. The monoisotopic (exact) mass is 288 g/mol. The summed E-state index contributed by atoms with van der Waals surface area (Å²) in [5.41, 5.74) is 0.769. The fourth-order valence-electron chi connectivity index (χ4n) is 1.81. The van der Waals surface area contributed by atoms with Gasteiger partial charge in [-0.3, -0.25) is 10.2 Å². The van der Waals surface area contributed by atoms with Crippen LogP contribution < -0.4 is 0 Å². The first-order valence-corrected chi connectivity index (χ1v) is 6.58. The van der Waals surface area contributed by atoms with Crippen molar-refractivity contribution in [3.05, 3.63) is 41.2 Å². The zero-order chi connectivity index (χ0) is 14.3. The maximum atomic E-state index is 12.9. The van der Waals surface area contributed by atoms with Crippen LogP contribution in [0.25, 0.3) is 6.08 Å². The molecule has 1 aromatic carbocycles. The molecule has 1 aromatic rings. The molecule has 0 aromatic heterocycles. The Bertz CT molecular complexity index is 706. The van der Waals surface area contributed by atoms with E-state index in [9.17, 15) is 9.18 Å². The van der Waals surface area contributed by atoms with Gasteiger partial charge in [0.2, 0.25) is 5.17 Å². The highest BCUT2D eigenvalue weighted by atomic mass is 32.2. The van der Waals surface area contributed by atoms with Gasteiger partial charge >= 0.3 is 0 Å². The Morgan fingerprint density at radius 3 is 2.75 bits per heavy atom. The van der Waals surface area contributed by atoms with Gasteiger partial charge < -0.3 is 0 Å². The number of halogens is 1. The van der Waals surface area contributed by atoms with Crippen LogP contribution in [0, 0.1) is 11.2 Å². The van der Waals surface area contributed by atoms with Crippen molar-refractivity contribution in [2.45, 2.75) is 6.92 Å². The second kappa shape index (κ2) is 4.68. The number of nitrogens with one attached hydrogen (secondary N) is 1. The first kappa shape index (κ1) is 12.7. The van der Waals surface area contributed by atoms with Crippen LogP contribution in [0.3, 0.4) is 0 Å². The van der Waals surface area contributed by atoms with E-state index < -0.39 is 5.91 Å². The second-order valence-corrected chi connectivity index (χ2v) is 5.35. The molecule has 0 saturated heterocycles. The molecule has 3 rings (SSSR count). The van der Waals surface area contributed by atoms with Gasteiger partial charge in [-0.1, -0.05) is 12.1 Å². The highest BCUT2D eigenvalue weighted by Gasteiger charge is 2.34. The maximum absolute atomic E-state index is 12.9. The molecular weight excluding hydrogens is 279 g/mol. The van der Waals surface area contributed by atoms with Gasteiger partial charge in [-0.25, -0.2) is 4.39 Å². The average Bonchev–Trinajstić information content (AvgIpc) is 2.77. The van der Waals surface area contributed by atoms with Crippen LogP contribution in [-0.4, -0.2) is 27.0 Å². The van der Waals surface area contributed by atoms with Crippen molar-refractivity contribution in [1.29, 1.82) is 5.41 Å². The minimum Gasteiger partial charge on any atom is -0.282 e. The number of aliphatic imine (C=N–C) groups is 1. The molecule has 2 aliphatic rings. The molecule has 0 aliphatic carbocycles. The molecule has 2 aliphatic heterocycles. The third kappa shape index (κ3) is 2.16. The second-order valence-electron chi connectivity index (χ2n) is 4.19. The topological polar surface area (TPSA) is 68.9 Å². The number of fused-ring (bicyclic) bond motifs is 1. The Kier molecular flexibility index (Phi) is 2.98. The van der Waals surface area contributed by atoms with Crippen LogP contribution in [0.15, 0.2) is 39.9 Å². The lowest BCUT2D eigenvalue weighted by atomic mass is 10.1. The Balaban J connectivity index is 2.00. The highest BCUT2D eigenvalue weighted by Crippen LogP contribution is 2.27. The number of hydrazone groups is 1. The smallest absolute Gasteiger partial charge is 0.282 e. The number of amidine groups is 2. The molecule has 5 nitrogen and oxygen atoms in total. The summed E-state index contributed by atoms with van der Waals surface area (Å²) in [5, 5.41) is 14.6. The Morgan fingerprint density at radius 2 is 2.05 bits per heavy atom. The molecule has 0 radical (unpaired) electrons.